The maximum Gasteiger partial charge on any atom is 0.0601 e. The number of hydrogen-bond acceptors (Lipinski definition) is 2. The third kappa shape index (κ3) is 5.91. The molecular weight excluding hydrogens is 256 g/mol. The van der Waals surface area contributed by atoms with Gasteiger partial charge in [-0.15, -0.1) is 6.42 Å². The minimum Gasteiger partial charge on any atom is -0.308 e. The van der Waals surface area contributed by atoms with E-state index in [2.05, 4.69) is 61.2 Å². The molecule has 1 aliphatic rings. The molecule has 2 rings (SSSR count). The van der Waals surface area contributed by atoms with Crippen LogP contribution in [0.1, 0.15) is 44.7 Å². The third-order valence-electron chi connectivity index (χ3n) is 3.85. The summed E-state index contributed by atoms with van der Waals surface area (Å²) in [5, 5.41) is 3.58. The molecule has 2 heteroatoms. The maximum atomic E-state index is 5.53. The smallest absolute Gasteiger partial charge is 0.0601 e. The Bertz CT molecular complexity index is 489. The highest BCUT2D eigenvalue weighted by Crippen LogP contribution is 2.30. The van der Waals surface area contributed by atoms with Crippen molar-refractivity contribution in [3.8, 4) is 12.3 Å². The van der Waals surface area contributed by atoms with Gasteiger partial charge in [0.05, 0.1) is 6.54 Å². The SMILES string of the molecule is C#CCN(Cc1ccccc1CNC(C)(C)C)CC1CC1. The second kappa shape index (κ2) is 7.11. The van der Waals surface area contributed by atoms with Crippen LogP contribution in [0.3, 0.4) is 0 Å². The van der Waals surface area contributed by atoms with Crippen LogP contribution in [0.5, 0.6) is 0 Å². The number of nitrogens with zero attached hydrogens (tertiary/aromatic N) is 1. The molecule has 0 heterocycles. The van der Waals surface area contributed by atoms with E-state index in [0.717, 1.165) is 32.1 Å². The highest BCUT2D eigenvalue weighted by atomic mass is 15.1. The van der Waals surface area contributed by atoms with Crippen LogP contribution < -0.4 is 5.32 Å². The van der Waals surface area contributed by atoms with Crippen LogP contribution in [-0.4, -0.2) is 23.5 Å². The van der Waals surface area contributed by atoms with Gasteiger partial charge in [-0.2, -0.15) is 0 Å². The Morgan fingerprint density at radius 2 is 1.90 bits per heavy atom. The van der Waals surface area contributed by atoms with Gasteiger partial charge >= 0.3 is 0 Å². The van der Waals surface area contributed by atoms with E-state index in [9.17, 15) is 0 Å². The summed E-state index contributed by atoms with van der Waals surface area (Å²) >= 11 is 0. The van der Waals surface area contributed by atoms with Crippen molar-refractivity contribution in [3.05, 3.63) is 35.4 Å². The Morgan fingerprint density at radius 3 is 2.48 bits per heavy atom. The molecule has 0 saturated heterocycles. The lowest BCUT2D eigenvalue weighted by Gasteiger charge is -2.24. The summed E-state index contributed by atoms with van der Waals surface area (Å²) < 4.78 is 0. The molecule has 1 aliphatic carbocycles. The standard InChI is InChI=1S/C19H28N2/c1-5-12-21(14-16-10-11-16)15-18-9-7-6-8-17(18)13-20-19(2,3)4/h1,6-9,16,20H,10-15H2,2-4H3. The molecule has 1 saturated carbocycles. The second-order valence-corrected chi connectivity index (χ2v) is 7.19. The first-order valence-electron chi connectivity index (χ1n) is 7.95. The first kappa shape index (κ1) is 16.1. The molecule has 1 aromatic carbocycles. The van der Waals surface area contributed by atoms with Gasteiger partial charge in [-0.1, -0.05) is 30.2 Å². The van der Waals surface area contributed by atoms with Crippen LogP contribution in [0.4, 0.5) is 0 Å². The number of terminal acetylenes is 1. The van der Waals surface area contributed by atoms with Crippen molar-refractivity contribution >= 4 is 0 Å². The minimum atomic E-state index is 0.139. The van der Waals surface area contributed by atoms with Gasteiger partial charge < -0.3 is 5.32 Å². The zero-order valence-electron chi connectivity index (χ0n) is 13.7. The number of rotatable bonds is 7. The largest absolute Gasteiger partial charge is 0.308 e. The first-order valence-corrected chi connectivity index (χ1v) is 7.95. The number of benzene rings is 1. The normalized spacial score (nSPS) is 15.2. The number of hydrogen-bond donors (Lipinski definition) is 1. The van der Waals surface area contributed by atoms with Crippen molar-refractivity contribution in [2.45, 2.75) is 52.2 Å². The maximum absolute atomic E-state index is 5.53. The van der Waals surface area contributed by atoms with E-state index in [4.69, 9.17) is 6.42 Å². The van der Waals surface area contributed by atoms with Crippen LogP contribution in [0.15, 0.2) is 24.3 Å². The van der Waals surface area contributed by atoms with E-state index < -0.39 is 0 Å². The van der Waals surface area contributed by atoms with Crippen molar-refractivity contribution in [2.75, 3.05) is 13.1 Å². The van der Waals surface area contributed by atoms with Crippen molar-refractivity contribution in [1.82, 2.24) is 10.2 Å². The van der Waals surface area contributed by atoms with Crippen molar-refractivity contribution in [2.24, 2.45) is 5.92 Å². The Kier molecular flexibility index (Phi) is 5.45. The summed E-state index contributed by atoms with van der Waals surface area (Å²) in [6.07, 6.45) is 8.27. The van der Waals surface area contributed by atoms with Crippen LogP contribution >= 0.6 is 0 Å². The molecule has 0 spiro atoms. The minimum absolute atomic E-state index is 0.139. The molecule has 114 valence electrons. The topological polar surface area (TPSA) is 15.3 Å². The van der Waals surface area contributed by atoms with Crippen LogP contribution in [0.25, 0.3) is 0 Å². The molecule has 1 aromatic rings. The van der Waals surface area contributed by atoms with E-state index >= 15 is 0 Å². The molecule has 0 aliphatic heterocycles. The van der Waals surface area contributed by atoms with Gasteiger partial charge in [-0.05, 0) is 50.7 Å². The fraction of sp³-hybridized carbons (Fsp3) is 0.579. The van der Waals surface area contributed by atoms with E-state index in [0.29, 0.717) is 0 Å². The Labute approximate surface area is 129 Å². The lowest BCUT2D eigenvalue weighted by Crippen LogP contribution is -2.35. The van der Waals surface area contributed by atoms with E-state index in [-0.39, 0.29) is 5.54 Å². The molecule has 0 amide bonds. The first-order chi connectivity index (χ1) is 9.98. The zero-order valence-corrected chi connectivity index (χ0v) is 13.7. The molecule has 0 atom stereocenters. The van der Waals surface area contributed by atoms with Crippen LogP contribution in [0.2, 0.25) is 0 Å². The predicted octanol–water partition coefficient (Wildman–Crippen LogP) is 3.42. The fourth-order valence-corrected chi connectivity index (χ4v) is 2.47. The molecule has 21 heavy (non-hydrogen) atoms. The summed E-state index contributed by atoms with van der Waals surface area (Å²) in [6.45, 7) is 10.4. The van der Waals surface area contributed by atoms with Crippen molar-refractivity contribution in [3.63, 3.8) is 0 Å². The highest BCUT2D eigenvalue weighted by molar-refractivity contribution is 5.27. The van der Waals surface area contributed by atoms with Gasteiger partial charge in [0, 0.05) is 25.2 Å². The molecule has 0 bridgehead atoms. The molecular formula is C19H28N2. The van der Waals surface area contributed by atoms with Gasteiger partial charge in [0.2, 0.25) is 0 Å². The van der Waals surface area contributed by atoms with Crippen molar-refractivity contribution in [1.29, 1.82) is 0 Å². The quantitative estimate of drug-likeness (QED) is 0.772. The van der Waals surface area contributed by atoms with Crippen LogP contribution in [-0.2, 0) is 13.1 Å². The molecule has 0 radical (unpaired) electrons. The molecule has 2 nitrogen and oxygen atoms in total. The third-order valence-corrected chi connectivity index (χ3v) is 3.85. The number of nitrogens with one attached hydrogen (secondary N) is 1. The lowest BCUT2D eigenvalue weighted by molar-refractivity contribution is 0.285. The van der Waals surface area contributed by atoms with Gasteiger partial charge in [0.1, 0.15) is 0 Å². The average Bonchev–Trinajstić information content (AvgIpc) is 3.21. The zero-order chi connectivity index (χ0) is 15.3. The average molecular weight is 284 g/mol. The second-order valence-electron chi connectivity index (χ2n) is 7.19. The van der Waals surface area contributed by atoms with Gasteiger partial charge in [0.25, 0.3) is 0 Å². The van der Waals surface area contributed by atoms with E-state index in [1.54, 1.807) is 0 Å². The highest BCUT2D eigenvalue weighted by Gasteiger charge is 2.24. The Balaban J connectivity index is 2.01. The van der Waals surface area contributed by atoms with Crippen molar-refractivity contribution < 1.29 is 0 Å². The van der Waals surface area contributed by atoms with Gasteiger partial charge in [-0.3, -0.25) is 4.90 Å². The summed E-state index contributed by atoms with van der Waals surface area (Å²) in [6, 6.07) is 8.70. The summed E-state index contributed by atoms with van der Waals surface area (Å²) in [7, 11) is 0. The fourth-order valence-electron chi connectivity index (χ4n) is 2.47. The Morgan fingerprint density at radius 1 is 1.24 bits per heavy atom. The van der Waals surface area contributed by atoms with Gasteiger partial charge in [-0.25, -0.2) is 0 Å². The summed E-state index contributed by atoms with van der Waals surface area (Å²) in [4.78, 5) is 2.41. The molecule has 0 unspecified atom stereocenters. The monoisotopic (exact) mass is 284 g/mol. The van der Waals surface area contributed by atoms with E-state index in [1.807, 2.05) is 0 Å². The molecule has 1 fully saturated rings. The van der Waals surface area contributed by atoms with Crippen LogP contribution in [0, 0.1) is 18.3 Å². The summed E-state index contributed by atoms with van der Waals surface area (Å²) in [5.41, 5.74) is 2.91. The van der Waals surface area contributed by atoms with E-state index in [1.165, 1.54) is 24.0 Å². The molecule has 1 N–H and O–H groups in total. The summed E-state index contributed by atoms with van der Waals surface area (Å²) in [5.74, 6) is 3.68. The van der Waals surface area contributed by atoms with Gasteiger partial charge in [0.15, 0.2) is 0 Å². The predicted molar refractivity (Wildman–Crippen MR) is 89.9 cm³/mol. The molecule has 0 aromatic heterocycles. The lowest BCUT2D eigenvalue weighted by atomic mass is 10.0. The Hall–Kier alpha value is -1.30.